The minimum absolute atomic E-state index is 0.00794. The Balaban J connectivity index is 2.38. The lowest BCUT2D eigenvalue weighted by Crippen LogP contribution is -2.43. The number of nitrogens with zero attached hydrogens (tertiary/aromatic N) is 1. The minimum Gasteiger partial charge on any atom is -0.508 e. The highest BCUT2D eigenvalue weighted by Crippen LogP contribution is 2.29. The van der Waals surface area contributed by atoms with Crippen LogP contribution in [0.4, 0.5) is 10.1 Å². The summed E-state index contributed by atoms with van der Waals surface area (Å²) in [6.07, 6.45) is 0.456. The number of phenols is 1. The van der Waals surface area contributed by atoms with Gasteiger partial charge in [-0.2, -0.15) is 0 Å². The maximum absolute atomic E-state index is 13.6. The van der Waals surface area contributed by atoms with Gasteiger partial charge in [-0.1, -0.05) is 6.92 Å². The van der Waals surface area contributed by atoms with Gasteiger partial charge in [-0.3, -0.25) is 9.59 Å². The molecule has 0 unspecified atom stereocenters. The first kappa shape index (κ1) is 11.6. The van der Waals surface area contributed by atoms with Crippen LogP contribution in [-0.2, 0) is 9.59 Å². The predicted octanol–water partition coefficient (Wildman–Crippen LogP) is 1.82. The number of carbonyl (C=O) groups is 2. The van der Waals surface area contributed by atoms with Crippen molar-refractivity contribution in [2.45, 2.75) is 19.8 Å². The van der Waals surface area contributed by atoms with Crippen LogP contribution in [0.5, 0.6) is 5.75 Å². The van der Waals surface area contributed by atoms with Crippen molar-refractivity contribution in [3.05, 3.63) is 24.0 Å². The van der Waals surface area contributed by atoms with Crippen molar-refractivity contribution in [1.29, 1.82) is 0 Å². The van der Waals surface area contributed by atoms with E-state index in [-0.39, 0.29) is 30.2 Å². The number of anilines is 1. The Kier molecular flexibility index (Phi) is 2.83. The van der Waals surface area contributed by atoms with Crippen molar-refractivity contribution in [2.75, 3.05) is 4.90 Å². The average molecular weight is 237 g/mol. The van der Waals surface area contributed by atoms with Crippen molar-refractivity contribution in [3.8, 4) is 5.75 Å². The van der Waals surface area contributed by atoms with Crippen molar-refractivity contribution in [2.24, 2.45) is 5.92 Å². The van der Waals surface area contributed by atoms with E-state index < -0.39 is 17.6 Å². The summed E-state index contributed by atoms with van der Waals surface area (Å²) in [5, 5.41) is 9.08. The highest BCUT2D eigenvalue weighted by molar-refractivity contribution is 6.16. The van der Waals surface area contributed by atoms with Gasteiger partial charge in [0.05, 0.1) is 5.69 Å². The van der Waals surface area contributed by atoms with E-state index in [1.807, 2.05) is 0 Å². The van der Waals surface area contributed by atoms with Crippen LogP contribution in [0.25, 0.3) is 0 Å². The van der Waals surface area contributed by atoms with Crippen LogP contribution in [0.3, 0.4) is 0 Å². The molecule has 5 heteroatoms. The molecule has 0 aromatic heterocycles. The molecular formula is C12H12FNO3. The second-order valence-corrected chi connectivity index (χ2v) is 4.27. The Morgan fingerprint density at radius 2 is 1.88 bits per heavy atom. The monoisotopic (exact) mass is 237 g/mol. The molecule has 1 N–H and O–H groups in total. The van der Waals surface area contributed by atoms with Crippen molar-refractivity contribution in [3.63, 3.8) is 0 Å². The van der Waals surface area contributed by atoms with Gasteiger partial charge in [-0.05, 0) is 18.1 Å². The number of benzene rings is 1. The zero-order valence-corrected chi connectivity index (χ0v) is 9.31. The summed E-state index contributed by atoms with van der Waals surface area (Å²) in [4.78, 5) is 24.3. The molecule has 0 spiro atoms. The topological polar surface area (TPSA) is 57.6 Å². The molecule has 1 heterocycles. The molecule has 2 rings (SSSR count). The summed E-state index contributed by atoms with van der Waals surface area (Å²) in [6.45, 7) is 1.81. The van der Waals surface area contributed by atoms with Crippen LogP contribution in [-0.4, -0.2) is 16.9 Å². The molecule has 2 amide bonds. The molecule has 1 aliphatic rings. The molecule has 4 nitrogen and oxygen atoms in total. The van der Waals surface area contributed by atoms with Gasteiger partial charge in [-0.15, -0.1) is 0 Å². The SMILES string of the molecule is CC1CC(=O)N(c2ccc(O)cc2F)C(=O)C1. The molecule has 0 aliphatic carbocycles. The van der Waals surface area contributed by atoms with E-state index in [0.717, 1.165) is 11.0 Å². The third kappa shape index (κ3) is 2.13. The zero-order chi connectivity index (χ0) is 12.6. The molecule has 1 saturated heterocycles. The second kappa shape index (κ2) is 4.16. The Hall–Kier alpha value is -1.91. The largest absolute Gasteiger partial charge is 0.508 e. The standard InChI is InChI=1S/C12H12FNO3/c1-7-4-11(16)14(12(17)5-7)10-3-2-8(15)6-9(10)13/h2-3,6-7,15H,4-5H2,1H3. The Morgan fingerprint density at radius 3 is 2.41 bits per heavy atom. The Morgan fingerprint density at radius 1 is 1.29 bits per heavy atom. The quantitative estimate of drug-likeness (QED) is 0.758. The summed E-state index contributed by atoms with van der Waals surface area (Å²) >= 11 is 0. The molecule has 0 bridgehead atoms. The maximum Gasteiger partial charge on any atom is 0.234 e. The summed E-state index contributed by atoms with van der Waals surface area (Å²) in [5.74, 6) is -1.83. The molecule has 1 aromatic carbocycles. The number of amides is 2. The van der Waals surface area contributed by atoms with E-state index in [2.05, 4.69) is 0 Å². The number of imide groups is 1. The summed E-state index contributed by atoms with van der Waals surface area (Å²) in [5.41, 5.74) is -0.0929. The minimum atomic E-state index is -0.777. The maximum atomic E-state index is 13.6. The number of hydrogen-bond donors (Lipinski definition) is 1. The van der Waals surface area contributed by atoms with E-state index in [4.69, 9.17) is 5.11 Å². The average Bonchev–Trinajstić information content (AvgIpc) is 2.19. The van der Waals surface area contributed by atoms with Gasteiger partial charge in [0.25, 0.3) is 0 Å². The lowest BCUT2D eigenvalue weighted by atomic mass is 9.97. The smallest absolute Gasteiger partial charge is 0.234 e. The van der Waals surface area contributed by atoms with E-state index in [9.17, 15) is 14.0 Å². The fourth-order valence-electron chi connectivity index (χ4n) is 1.94. The Labute approximate surface area is 97.7 Å². The molecule has 0 atom stereocenters. The first-order chi connectivity index (χ1) is 7.99. The zero-order valence-electron chi connectivity index (χ0n) is 9.31. The lowest BCUT2D eigenvalue weighted by Gasteiger charge is -2.28. The molecular weight excluding hydrogens is 225 g/mol. The number of phenolic OH excluding ortho intramolecular Hbond substituents is 1. The van der Waals surface area contributed by atoms with Crippen LogP contribution < -0.4 is 4.90 Å². The predicted molar refractivity (Wildman–Crippen MR) is 59.0 cm³/mol. The van der Waals surface area contributed by atoms with Gasteiger partial charge < -0.3 is 5.11 Å². The van der Waals surface area contributed by atoms with Crippen molar-refractivity contribution in [1.82, 2.24) is 0 Å². The van der Waals surface area contributed by atoms with Crippen LogP contribution in [0.15, 0.2) is 18.2 Å². The fourth-order valence-corrected chi connectivity index (χ4v) is 1.94. The lowest BCUT2D eigenvalue weighted by molar-refractivity contribution is -0.130. The number of aromatic hydroxyl groups is 1. The van der Waals surface area contributed by atoms with E-state index in [0.29, 0.717) is 0 Å². The van der Waals surface area contributed by atoms with Gasteiger partial charge in [-0.25, -0.2) is 9.29 Å². The first-order valence-electron chi connectivity index (χ1n) is 5.33. The third-order valence-corrected chi connectivity index (χ3v) is 2.72. The molecule has 1 aliphatic heterocycles. The third-order valence-electron chi connectivity index (χ3n) is 2.72. The van der Waals surface area contributed by atoms with Crippen LogP contribution >= 0.6 is 0 Å². The number of piperidine rings is 1. The van der Waals surface area contributed by atoms with Crippen LogP contribution in [0.2, 0.25) is 0 Å². The second-order valence-electron chi connectivity index (χ2n) is 4.27. The number of hydrogen-bond acceptors (Lipinski definition) is 3. The van der Waals surface area contributed by atoms with Crippen LogP contribution in [0, 0.1) is 11.7 Å². The molecule has 90 valence electrons. The number of rotatable bonds is 1. The highest BCUT2D eigenvalue weighted by atomic mass is 19.1. The van der Waals surface area contributed by atoms with Crippen molar-refractivity contribution >= 4 is 17.5 Å². The first-order valence-corrected chi connectivity index (χ1v) is 5.33. The van der Waals surface area contributed by atoms with E-state index in [1.165, 1.54) is 12.1 Å². The van der Waals surface area contributed by atoms with Gasteiger partial charge in [0.1, 0.15) is 5.75 Å². The summed E-state index contributed by atoms with van der Waals surface area (Å²) in [7, 11) is 0. The van der Waals surface area contributed by atoms with Gasteiger partial charge in [0.15, 0.2) is 5.82 Å². The molecule has 0 radical (unpaired) electrons. The molecule has 1 aromatic rings. The van der Waals surface area contributed by atoms with Crippen molar-refractivity contribution < 1.29 is 19.1 Å². The normalized spacial score (nSPS) is 17.6. The number of carbonyl (C=O) groups excluding carboxylic acids is 2. The fraction of sp³-hybridized carbons (Fsp3) is 0.333. The molecule has 17 heavy (non-hydrogen) atoms. The van der Waals surface area contributed by atoms with Gasteiger partial charge in [0, 0.05) is 18.9 Å². The summed E-state index contributed by atoms with van der Waals surface area (Å²) in [6, 6.07) is 3.36. The van der Waals surface area contributed by atoms with E-state index in [1.54, 1.807) is 6.92 Å². The molecule has 1 fully saturated rings. The van der Waals surface area contributed by atoms with Crippen LogP contribution in [0.1, 0.15) is 19.8 Å². The number of halogens is 1. The molecule has 0 saturated carbocycles. The van der Waals surface area contributed by atoms with E-state index >= 15 is 0 Å². The van der Waals surface area contributed by atoms with Gasteiger partial charge in [0.2, 0.25) is 11.8 Å². The highest BCUT2D eigenvalue weighted by Gasteiger charge is 2.32. The van der Waals surface area contributed by atoms with Gasteiger partial charge >= 0.3 is 0 Å². The summed E-state index contributed by atoms with van der Waals surface area (Å²) < 4.78 is 13.6. The Bertz CT molecular complexity index is 469.